The van der Waals surface area contributed by atoms with Crippen LogP contribution in [0.5, 0.6) is 5.75 Å². The van der Waals surface area contributed by atoms with Crippen LogP contribution >= 0.6 is 11.6 Å². The van der Waals surface area contributed by atoms with Crippen LogP contribution < -0.4 is 9.46 Å². The predicted octanol–water partition coefficient (Wildman–Crippen LogP) is 2.60. The number of hydrogen-bond donors (Lipinski definition) is 2. The predicted molar refractivity (Wildman–Crippen MR) is 89.8 cm³/mol. The first-order valence-electron chi connectivity index (χ1n) is 7.27. The van der Waals surface area contributed by atoms with Gasteiger partial charge in [-0.1, -0.05) is 11.6 Å². The number of carboxylic acids is 1. The van der Waals surface area contributed by atoms with Crippen LogP contribution in [0, 0.1) is 11.6 Å². The number of halogens is 3. The second kappa shape index (κ2) is 8.43. The zero-order chi connectivity index (χ0) is 19.3. The summed E-state index contributed by atoms with van der Waals surface area (Å²) in [5.74, 6) is -4.30. The van der Waals surface area contributed by atoms with Gasteiger partial charge in [0.1, 0.15) is 0 Å². The maximum atomic E-state index is 13.8. The topological polar surface area (TPSA) is 92.7 Å². The maximum Gasteiger partial charge on any atom is 0.341 e. The number of rotatable bonds is 8. The van der Waals surface area contributed by atoms with Gasteiger partial charge in [0.15, 0.2) is 24.0 Å². The van der Waals surface area contributed by atoms with Crippen molar-refractivity contribution in [2.75, 3.05) is 13.2 Å². The molecule has 0 aromatic heterocycles. The van der Waals surface area contributed by atoms with Crippen molar-refractivity contribution < 1.29 is 31.8 Å². The molecule has 0 spiro atoms. The van der Waals surface area contributed by atoms with E-state index >= 15 is 0 Å². The number of carboxylic acid groups (broad SMARTS) is 1. The third kappa shape index (κ3) is 5.38. The minimum Gasteiger partial charge on any atom is -0.479 e. The van der Waals surface area contributed by atoms with Gasteiger partial charge in [0, 0.05) is 11.6 Å². The second-order valence-corrected chi connectivity index (χ2v) is 7.38. The summed E-state index contributed by atoms with van der Waals surface area (Å²) in [5, 5.41) is 8.86. The summed E-state index contributed by atoms with van der Waals surface area (Å²) < 4.78 is 58.7. The molecule has 2 aromatic carbocycles. The van der Waals surface area contributed by atoms with Gasteiger partial charge in [-0.15, -0.1) is 0 Å². The molecule has 0 fully saturated rings. The smallest absolute Gasteiger partial charge is 0.341 e. The molecule has 6 nitrogen and oxygen atoms in total. The molecule has 2 aromatic rings. The van der Waals surface area contributed by atoms with Crippen LogP contribution in [-0.2, 0) is 21.2 Å². The molecule has 0 amide bonds. The van der Waals surface area contributed by atoms with Gasteiger partial charge < -0.3 is 9.84 Å². The van der Waals surface area contributed by atoms with E-state index in [2.05, 4.69) is 9.46 Å². The number of sulfonamides is 1. The molecule has 0 aliphatic rings. The van der Waals surface area contributed by atoms with Gasteiger partial charge in [0.05, 0.1) is 4.90 Å². The number of hydrogen-bond acceptors (Lipinski definition) is 4. The van der Waals surface area contributed by atoms with E-state index in [1.54, 1.807) is 0 Å². The van der Waals surface area contributed by atoms with E-state index in [9.17, 15) is 22.0 Å². The van der Waals surface area contributed by atoms with E-state index < -0.39 is 40.0 Å². The van der Waals surface area contributed by atoms with Gasteiger partial charge in [-0.2, -0.15) is 0 Å². The Hall–Kier alpha value is -2.23. The fraction of sp³-hybridized carbons (Fsp3) is 0.188. The molecule has 0 heterocycles. The van der Waals surface area contributed by atoms with E-state index in [1.807, 2.05) is 0 Å². The molecule has 0 saturated heterocycles. The van der Waals surface area contributed by atoms with E-state index in [-0.39, 0.29) is 23.4 Å². The van der Waals surface area contributed by atoms with Crippen molar-refractivity contribution in [3.8, 4) is 5.75 Å². The summed E-state index contributed by atoms with van der Waals surface area (Å²) in [6.45, 7) is -0.979. The van der Waals surface area contributed by atoms with Crippen molar-refractivity contribution in [2.45, 2.75) is 11.3 Å². The monoisotopic (exact) mass is 405 g/mol. The molecule has 0 radical (unpaired) electrons. The van der Waals surface area contributed by atoms with Crippen LogP contribution in [0.2, 0.25) is 5.02 Å². The normalized spacial score (nSPS) is 11.3. The molecule has 0 bridgehead atoms. The van der Waals surface area contributed by atoms with E-state index in [0.29, 0.717) is 5.02 Å². The van der Waals surface area contributed by atoms with E-state index in [4.69, 9.17) is 16.7 Å². The van der Waals surface area contributed by atoms with Crippen molar-refractivity contribution in [1.29, 1.82) is 0 Å². The van der Waals surface area contributed by atoms with Gasteiger partial charge in [0.25, 0.3) is 0 Å². The Balaban J connectivity index is 2.01. The maximum absolute atomic E-state index is 13.8. The van der Waals surface area contributed by atoms with Gasteiger partial charge >= 0.3 is 5.97 Å². The summed E-state index contributed by atoms with van der Waals surface area (Å²) in [5.41, 5.74) is 0.182. The average Bonchev–Trinajstić information content (AvgIpc) is 2.54. The van der Waals surface area contributed by atoms with Crippen molar-refractivity contribution >= 4 is 27.6 Å². The van der Waals surface area contributed by atoms with Gasteiger partial charge in [-0.25, -0.2) is 26.7 Å². The van der Waals surface area contributed by atoms with Crippen molar-refractivity contribution in [3.05, 3.63) is 58.6 Å². The largest absolute Gasteiger partial charge is 0.479 e. The highest BCUT2D eigenvalue weighted by molar-refractivity contribution is 7.89. The Bertz CT molecular complexity index is 880. The number of carbonyl (C=O) groups is 1. The molecule has 0 aliphatic carbocycles. The Morgan fingerprint density at radius 2 is 1.73 bits per heavy atom. The fourth-order valence-electron chi connectivity index (χ4n) is 2.06. The molecule has 0 atom stereocenters. The Morgan fingerprint density at radius 1 is 1.15 bits per heavy atom. The summed E-state index contributed by atoms with van der Waals surface area (Å²) in [6.07, 6.45) is 0.0138. The number of aliphatic carboxylic acids is 1. The molecule has 140 valence electrons. The lowest BCUT2D eigenvalue weighted by atomic mass is 10.1. The lowest BCUT2D eigenvalue weighted by molar-refractivity contribution is -0.139. The van der Waals surface area contributed by atoms with E-state index in [0.717, 1.165) is 12.1 Å². The van der Waals surface area contributed by atoms with Crippen molar-refractivity contribution in [1.82, 2.24) is 4.72 Å². The minimum atomic E-state index is -3.78. The number of benzene rings is 2. The van der Waals surface area contributed by atoms with Crippen LogP contribution in [0.1, 0.15) is 5.56 Å². The molecule has 10 heteroatoms. The standard InChI is InChI=1S/C16H14ClF2NO5S/c17-11-1-3-12(4-2-11)26(23,24)20-6-5-10-7-13(18)16(14(19)8-10)25-9-15(21)22/h1-4,7-8,20H,5-6,9H2,(H,21,22). The molecule has 0 unspecified atom stereocenters. The highest BCUT2D eigenvalue weighted by Gasteiger charge is 2.16. The third-order valence-corrected chi connectivity index (χ3v) is 4.96. The number of ether oxygens (including phenoxy) is 1. The van der Waals surface area contributed by atoms with Gasteiger partial charge in [-0.3, -0.25) is 0 Å². The van der Waals surface area contributed by atoms with Crippen LogP contribution in [-0.4, -0.2) is 32.6 Å². The summed E-state index contributed by atoms with van der Waals surface area (Å²) >= 11 is 5.70. The lowest BCUT2D eigenvalue weighted by Gasteiger charge is -2.10. The molecule has 2 rings (SSSR count). The van der Waals surface area contributed by atoms with Gasteiger partial charge in [-0.05, 0) is 48.4 Å². The first-order chi connectivity index (χ1) is 12.2. The summed E-state index contributed by atoms with van der Waals surface area (Å²) in [6, 6.07) is 7.43. The Kier molecular flexibility index (Phi) is 6.52. The Morgan fingerprint density at radius 3 is 2.27 bits per heavy atom. The van der Waals surface area contributed by atoms with Crippen molar-refractivity contribution in [2.24, 2.45) is 0 Å². The fourth-order valence-corrected chi connectivity index (χ4v) is 3.21. The minimum absolute atomic E-state index is 0.0108. The highest BCUT2D eigenvalue weighted by Crippen LogP contribution is 2.23. The quantitative estimate of drug-likeness (QED) is 0.704. The zero-order valence-electron chi connectivity index (χ0n) is 13.2. The molecular weight excluding hydrogens is 392 g/mol. The first kappa shape index (κ1) is 20.1. The lowest BCUT2D eigenvalue weighted by Crippen LogP contribution is -2.26. The van der Waals surface area contributed by atoms with Crippen LogP contribution in [0.25, 0.3) is 0 Å². The molecule has 0 saturated carbocycles. The van der Waals surface area contributed by atoms with Crippen molar-refractivity contribution in [3.63, 3.8) is 0 Å². The molecular formula is C16H14ClF2NO5S. The second-order valence-electron chi connectivity index (χ2n) is 5.17. The van der Waals surface area contributed by atoms with Gasteiger partial charge in [0.2, 0.25) is 10.0 Å². The molecule has 2 N–H and O–H groups in total. The third-order valence-electron chi connectivity index (χ3n) is 3.23. The summed E-state index contributed by atoms with van der Waals surface area (Å²) in [7, 11) is -3.78. The summed E-state index contributed by atoms with van der Waals surface area (Å²) in [4.78, 5) is 10.4. The van der Waals surface area contributed by atoms with Crippen LogP contribution in [0.15, 0.2) is 41.3 Å². The first-order valence-corrected chi connectivity index (χ1v) is 9.13. The van der Waals surface area contributed by atoms with Crippen LogP contribution in [0.3, 0.4) is 0 Å². The average molecular weight is 406 g/mol. The number of nitrogens with one attached hydrogen (secondary N) is 1. The highest BCUT2D eigenvalue weighted by atomic mass is 35.5. The molecule has 0 aliphatic heterocycles. The van der Waals surface area contributed by atoms with E-state index in [1.165, 1.54) is 24.3 Å². The van der Waals surface area contributed by atoms with Crippen LogP contribution in [0.4, 0.5) is 8.78 Å². The SMILES string of the molecule is O=C(O)COc1c(F)cc(CCNS(=O)(=O)c2ccc(Cl)cc2)cc1F. The zero-order valence-corrected chi connectivity index (χ0v) is 14.8. The Labute approximate surface area is 153 Å². The molecule has 26 heavy (non-hydrogen) atoms.